The summed E-state index contributed by atoms with van der Waals surface area (Å²) in [5.74, 6) is 3.35. The minimum atomic E-state index is 0. The Morgan fingerprint density at radius 2 is 1.11 bits per heavy atom. The molecule has 0 aromatic heterocycles. The van der Waals surface area contributed by atoms with Crippen molar-refractivity contribution in [2.45, 2.75) is 70.9 Å². The highest BCUT2D eigenvalue weighted by atomic mass is 14.7. The van der Waals surface area contributed by atoms with Gasteiger partial charge in [0, 0.05) is 12.1 Å². The fourth-order valence-corrected chi connectivity index (χ4v) is 3.96. The first-order chi connectivity index (χ1) is 8.06. The highest BCUT2D eigenvalue weighted by Gasteiger charge is 2.30. The molecule has 0 aromatic carbocycles. The van der Waals surface area contributed by atoms with Crippen molar-refractivity contribution in [2.75, 3.05) is 0 Å². The zero-order valence-electron chi connectivity index (χ0n) is 13.0. The van der Waals surface area contributed by atoms with E-state index in [9.17, 15) is 0 Å². The second-order valence-electron chi connectivity index (χ2n) is 6.88. The van der Waals surface area contributed by atoms with Crippen LogP contribution in [0.25, 0.3) is 0 Å². The first-order valence-electron chi connectivity index (χ1n) is 7.57. The highest BCUT2D eigenvalue weighted by Crippen LogP contribution is 2.38. The molecule has 0 heterocycles. The van der Waals surface area contributed by atoms with Crippen LogP contribution in [-0.2, 0) is 0 Å². The van der Waals surface area contributed by atoms with Gasteiger partial charge in [-0.3, -0.25) is 0 Å². The molecule has 2 fully saturated rings. The zero-order chi connectivity index (χ0) is 12.4. The third-order valence-electron chi connectivity index (χ3n) is 5.36. The topological polar surface area (TPSA) is 122 Å². The lowest BCUT2D eigenvalue weighted by Crippen LogP contribution is -2.37. The maximum atomic E-state index is 6.10. The van der Waals surface area contributed by atoms with Crippen LogP contribution in [0.15, 0.2) is 0 Å². The van der Waals surface area contributed by atoms with E-state index in [1.807, 2.05) is 0 Å². The van der Waals surface area contributed by atoms with Crippen LogP contribution in [0.5, 0.6) is 0 Å². The van der Waals surface area contributed by atoms with E-state index in [-0.39, 0.29) is 12.3 Å². The smallest absolute Gasteiger partial charge is 0.00647 e. The van der Waals surface area contributed by atoms with Crippen LogP contribution in [0.3, 0.4) is 0 Å². The van der Waals surface area contributed by atoms with E-state index in [0.717, 1.165) is 23.7 Å². The summed E-state index contributed by atoms with van der Waals surface area (Å²) in [5.41, 5.74) is 12.2. The van der Waals surface area contributed by atoms with Crippen LogP contribution < -0.4 is 23.8 Å². The quantitative estimate of drug-likeness (QED) is 0.616. The molecule has 10 N–H and O–H groups in total. The predicted octanol–water partition coefficient (Wildman–Crippen LogP) is 3.23. The summed E-state index contributed by atoms with van der Waals surface area (Å²) in [4.78, 5) is 0. The number of rotatable bonds is 2. The normalized spacial score (nSPS) is 42.9. The maximum absolute atomic E-state index is 6.10. The molecule has 0 bridgehead atoms. The Labute approximate surface area is 119 Å². The van der Waals surface area contributed by atoms with Gasteiger partial charge in [-0.2, -0.15) is 0 Å². The maximum Gasteiger partial charge on any atom is 0.00647 e. The van der Waals surface area contributed by atoms with Gasteiger partial charge in [0.1, 0.15) is 0 Å². The summed E-state index contributed by atoms with van der Waals surface area (Å²) < 4.78 is 0. The van der Waals surface area contributed by atoms with Crippen molar-refractivity contribution in [3.8, 4) is 0 Å². The van der Waals surface area contributed by atoms with Gasteiger partial charge < -0.3 is 23.8 Å². The average molecular weight is 272 g/mol. The predicted molar refractivity (Wildman–Crippen MR) is 83.6 cm³/mol. The number of nitrogens with two attached hydrogens (primary N) is 2. The zero-order valence-corrected chi connectivity index (χ0v) is 13.0. The molecule has 6 atom stereocenters. The summed E-state index contributed by atoms with van der Waals surface area (Å²) in [6, 6.07) is 0.926. The molecule has 6 unspecified atom stereocenters. The van der Waals surface area contributed by atoms with Crippen LogP contribution in [0.1, 0.15) is 58.8 Å². The van der Waals surface area contributed by atoms with Gasteiger partial charge in [0.25, 0.3) is 0 Å². The molecule has 0 aliphatic heterocycles. The Kier molecular flexibility index (Phi) is 8.13. The molecule has 0 radical (unpaired) electrons. The van der Waals surface area contributed by atoms with E-state index >= 15 is 0 Å². The molecule has 2 saturated carbocycles. The van der Waals surface area contributed by atoms with Gasteiger partial charge in [0.2, 0.25) is 0 Å². The molecule has 116 valence electrons. The van der Waals surface area contributed by atoms with E-state index in [4.69, 9.17) is 11.5 Å². The second kappa shape index (κ2) is 8.20. The third-order valence-corrected chi connectivity index (χ3v) is 5.36. The molecule has 0 spiro atoms. The monoisotopic (exact) mass is 272 g/mol. The molecule has 0 amide bonds. The second-order valence-corrected chi connectivity index (χ2v) is 6.88. The molecule has 0 aromatic rings. The average Bonchev–Trinajstić information content (AvgIpc) is 2.29. The number of hydrogen-bond donors (Lipinski definition) is 4. The summed E-state index contributed by atoms with van der Waals surface area (Å²) in [6.07, 6.45) is 9.37. The standard InChI is InChI=1S/C15H30N2.2H3N/c1-10-7-12(3-5-14(10)16)9-13-4-6-15(17)11(2)8-13;;/h10-15H,3-9,16-17H2,1-2H3;2*1H3. The Morgan fingerprint density at radius 3 is 1.42 bits per heavy atom. The Balaban J connectivity index is 0.00000162. The van der Waals surface area contributed by atoms with Gasteiger partial charge in [0.15, 0.2) is 0 Å². The first-order valence-corrected chi connectivity index (χ1v) is 7.57. The summed E-state index contributed by atoms with van der Waals surface area (Å²) in [7, 11) is 0. The molecule has 4 nitrogen and oxygen atoms in total. The number of hydrogen-bond acceptors (Lipinski definition) is 4. The fraction of sp³-hybridized carbons (Fsp3) is 1.00. The van der Waals surface area contributed by atoms with Crippen molar-refractivity contribution in [1.82, 2.24) is 12.3 Å². The lowest BCUT2D eigenvalue weighted by atomic mass is 9.71. The first kappa shape index (κ1) is 18.8. The van der Waals surface area contributed by atoms with Crippen molar-refractivity contribution in [2.24, 2.45) is 35.1 Å². The Bertz CT molecular complexity index is 222. The van der Waals surface area contributed by atoms with Crippen molar-refractivity contribution < 1.29 is 0 Å². The van der Waals surface area contributed by atoms with E-state index in [2.05, 4.69) is 13.8 Å². The molecule has 19 heavy (non-hydrogen) atoms. The Morgan fingerprint density at radius 1 is 0.737 bits per heavy atom. The van der Waals surface area contributed by atoms with E-state index in [0.29, 0.717) is 12.1 Å². The van der Waals surface area contributed by atoms with Crippen LogP contribution in [0.2, 0.25) is 0 Å². The summed E-state index contributed by atoms with van der Waals surface area (Å²) in [5, 5.41) is 0. The lowest BCUT2D eigenvalue weighted by molar-refractivity contribution is 0.169. The summed E-state index contributed by atoms with van der Waals surface area (Å²) >= 11 is 0. The third kappa shape index (κ3) is 5.03. The molecule has 2 rings (SSSR count). The van der Waals surface area contributed by atoms with Crippen LogP contribution >= 0.6 is 0 Å². The van der Waals surface area contributed by atoms with Gasteiger partial charge >= 0.3 is 0 Å². The SMILES string of the molecule is CC1CC(CC2CCC(N)C(C)C2)CCC1N.N.N. The molecular weight excluding hydrogens is 236 g/mol. The van der Waals surface area contributed by atoms with Crippen LogP contribution in [-0.4, -0.2) is 12.1 Å². The molecule has 2 aliphatic rings. The minimum Gasteiger partial charge on any atom is -0.344 e. The van der Waals surface area contributed by atoms with Crippen molar-refractivity contribution in [1.29, 1.82) is 0 Å². The van der Waals surface area contributed by atoms with E-state index in [1.165, 1.54) is 44.9 Å². The fourth-order valence-electron chi connectivity index (χ4n) is 3.96. The lowest BCUT2D eigenvalue weighted by Gasteiger charge is -2.37. The van der Waals surface area contributed by atoms with Gasteiger partial charge in [-0.25, -0.2) is 0 Å². The van der Waals surface area contributed by atoms with Crippen molar-refractivity contribution in [3.63, 3.8) is 0 Å². The van der Waals surface area contributed by atoms with E-state index in [1.54, 1.807) is 0 Å². The van der Waals surface area contributed by atoms with Gasteiger partial charge in [0.05, 0.1) is 0 Å². The van der Waals surface area contributed by atoms with Crippen LogP contribution in [0.4, 0.5) is 0 Å². The van der Waals surface area contributed by atoms with Gasteiger partial charge in [-0.05, 0) is 68.6 Å². The van der Waals surface area contributed by atoms with Crippen molar-refractivity contribution in [3.05, 3.63) is 0 Å². The summed E-state index contributed by atoms with van der Waals surface area (Å²) in [6.45, 7) is 4.66. The molecule has 4 heteroatoms. The largest absolute Gasteiger partial charge is 0.344 e. The van der Waals surface area contributed by atoms with E-state index < -0.39 is 0 Å². The minimum absolute atomic E-state index is 0. The molecule has 0 saturated heterocycles. The highest BCUT2D eigenvalue weighted by molar-refractivity contribution is 4.85. The van der Waals surface area contributed by atoms with Gasteiger partial charge in [-0.15, -0.1) is 0 Å². The Hall–Kier alpha value is -0.160. The van der Waals surface area contributed by atoms with Crippen LogP contribution in [0, 0.1) is 23.7 Å². The molecular formula is C15H36N4. The molecule has 2 aliphatic carbocycles. The van der Waals surface area contributed by atoms with Crippen molar-refractivity contribution >= 4 is 0 Å². The van der Waals surface area contributed by atoms with Gasteiger partial charge in [-0.1, -0.05) is 13.8 Å².